The molecular formula is C24H19FN4O4. The van der Waals surface area contributed by atoms with Gasteiger partial charge in [-0.1, -0.05) is 42.5 Å². The number of nitrogens with one attached hydrogen (secondary N) is 2. The van der Waals surface area contributed by atoms with Gasteiger partial charge in [-0.15, -0.1) is 0 Å². The fraction of sp³-hybridized carbons (Fsp3) is 0.0833. The monoisotopic (exact) mass is 446 g/mol. The number of pyridine rings is 1. The lowest BCUT2D eigenvalue weighted by atomic mass is 10.2. The number of carbonyl (C=O) groups excluding carboxylic acids is 2. The maximum absolute atomic E-state index is 13.0. The van der Waals surface area contributed by atoms with Gasteiger partial charge in [-0.3, -0.25) is 19.3 Å². The number of rotatable bonds is 6. The maximum atomic E-state index is 13.0. The lowest BCUT2D eigenvalue weighted by Crippen LogP contribution is -2.27. The van der Waals surface area contributed by atoms with Gasteiger partial charge in [-0.2, -0.15) is 0 Å². The summed E-state index contributed by atoms with van der Waals surface area (Å²) in [7, 11) is 0. The van der Waals surface area contributed by atoms with Crippen molar-refractivity contribution in [2.45, 2.75) is 13.2 Å². The van der Waals surface area contributed by atoms with Crippen LogP contribution < -0.4 is 16.2 Å². The van der Waals surface area contributed by atoms with Crippen LogP contribution in [0.1, 0.15) is 21.5 Å². The third-order valence-corrected chi connectivity index (χ3v) is 4.79. The number of amides is 2. The Hall–Kier alpha value is -4.53. The highest BCUT2D eigenvalue weighted by Crippen LogP contribution is 2.10. The van der Waals surface area contributed by atoms with Crippen LogP contribution in [0.3, 0.4) is 0 Å². The van der Waals surface area contributed by atoms with Crippen molar-refractivity contribution in [3.05, 3.63) is 112 Å². The molecule has 33 heavy (non-hydrogen) atoms. The smallest absolute Gasteiger partial charge is 0.412 e. The molecule has 2 aromatic carbocycles. The molecule has 8 nitrogen and oxygen atoms in total. The number of aromatic nitrogens is 2. The molecule has 4 aromatic rings. The van der Waals surface area contributed by atoms with Crippen molar-refractivity contribution in [1.29, 1.82) is 0 Å². The number of benzene rings is 2. The third-order valence-electron chi connectivity index (χ3n) is 4.79. The molecule has 0 saturated heterocycles. The molecule has 0 radical (unpaired) electrons. The molecule has 2 N–H and O–H groups in total. The SMILES string of the molecule is O=C(Nc1cnc2c(C(=O)NCc3ccc(F)cc3)cccn2c1=O)OCc1ccccc1. The average molecular weight is 446 g/mol. The molecule has 166 valence electrons. The first-order valence-corrected chi connectivity index (χ1v) is 10.0. The van der Waals surface area contributed by atoms with E-state index in [2.05, 4.69) is 15.6 Å². The number of nitrogens with zero attached hydrogens (tertiary/aromatic N) is 2. The lowest BCUT2D eigenvalue weighted by molar-refractivity contribution is 0.0952. The summed E-state index contributed by atoms with van der Waals surface area (Å²) in [6.07, 6.45) is 1.83. The molecule has 0 atom stereocenters. The Morgan fingerprint density at radius 1 is 0.970 bits per heavy atom. The van der Waals surface area contributed by atoms with E-state index < -0.39 is 17.6 Å². The van der Waals surface area contributed by atoms with Crippen LogP contribution in [0.5, 0.6) is 0 Å². The molecule has 0 spiro atoms. The first-order chi connectivity index (χ1) is 16.0. The van der Waals surface area contributed by atoms with Crippen LogP contribution in [0.15, 0.2) is 83.9 Å². The van der Waals surface area contributed by atoms with Crippen LogP contribution in [0.4, 0.5) is 14.9 Å². The van der Waals surface area contributed by atoms with Gasteiger partial charge in [0.15, 0.2) is 5.65 Å². The molecule has 0 aliphatic heterocycles. The third kappa shape index (κ3) is 5.21. The normalized spacial score (nSPS) is 10.6. The minimum atomic E-state index is -0.800. The van der Waals surface area contributed by atoms with Crippen LogP contribution in [-0.2, 0) is 17.9 Å². The van der Waals surface area contributed by atoms with Crippen molar-refractivity contribution in [2.24, 2.45) is 0 Å². The number of fused-ring (bicyclic) bond motifs is 1. The van der Waals surface area contributed by atoms with E-state index in [9.17, 15) is 18.8 Å². The molecule has 0 bridgehead atoms. The number of hydrogen-bond acceptors (Lipinski definition) is 5. The van der Waals surface area contributed by atoms with Crippen LogP contribution >= 0.6 is 0 Å². The first kappa shape index (κ1) is 21.7. The van der Waals surface area contributed by atoms with Crippen molar-refractivity contribution < 1.29 is 18.7 Å². The van der Waals surface area contributed by atoms with Gasteiger partial charge >= 0.3 is 6.09 Å². The second-order valence-corrected chi connectivity index (χ2v) is 7.09. The Morgan fingerprint density at radius 2 is 1.73 bits per heavy atom. The Bertz CT molecular complexity index is 1350. The number of halogens is 1. The van der Waals surface area contributed by atoms with E-state index in [0.717, 1.165) is 11.1 Å². The van der Waals surface area contributed by atoms with Gasteiger partial charge < -0.3 is 10.1 Å². The fourth-order valence-electron chi connectivity index (χ4n) is 3.12. The van der Waals surface area contributed by atoms with E-state index >= 15 is 0 Å². The van der Waals surface area contributed by atoms with E-state index in [1.54, 1.807) is 12.1 Å². The van der Waals surface area contributed by atoms with Crippen molar-refractivity contribution in [2.75, 3.05) is 5.32 Å². The van der Waals surface area contributed by atoms with Crippen molar-refractivity contribution in [3.63, 3.8) is 0 Å². The quantitative estimate of drug-likeness (QED) is 0.472. The van der Waals surface area contributed by atoms with Gasteiger partial charge in [0.2, 0.25) is 0 Å². The summed E-state index contributed by atoms with van der Waals surface area (Å²) in [6.45, 7) is 0.227. The molecule has 0 aliphatic rings. The fourth-order valence-corrected chi connectivity index (χ4v) is 3.12. The summed E-state index contributed by atoms with van der Waals surface area (Å²) < 4.78 is 19.3. The summed E-state index contributed by atoms with van der Waals surface area (Å²) >= 11 is 0. The lowest BCUT2D eigenvalue weighted by Gasteiger charge is -2.10. The highest BCUT2D eigenvalue weighted by Gasteiger charge is 2.15. The summed E-state index contributed by atoms with van der Waals surface area (Å²) in [5, 5.41) is 5.10. The second kappa shape index (κ2) is 9.73. The van der Waals surface area contributed by atoms with E-state index in [1.165, 1.54) is 41.1 Å². The summed E-state index contributed by atoms with van der Waals surface area (Å²) in [5.41, 5.74) is 1.17. The predicted molar refractivity (Wildman–Crippen MR) is 119 cm³/mol. The summed E-state index contributed by atoms with van der Waals surface area (Å²) in [4.78, 5) is 41.7. The van der Waals surface area contributed by atoms with Crippen LogP contribution in [0.2, 0.25) is 0 Å². The Labute approximate surface area is 187 Å². The maximum Gasteiger partial charge on any atom is 0.412 e. The first-order valence-electron chi connectivity index (χ1n) is 10.0. The molecule has 2 heterocycles. The molecule has 0 saturated carbocycles. The van der Waals surface area contributed by atoms with Crippen molar-refractivity contribution in [1.82, 2.24) is 14.7 Å². The highest BCUT2D eigenvalue weighted by atomic mass is 19.1. The average Bonchev–Trinajstić information content (AvgIpc) is 2.84. The van der Waals surface area contributed by atoms with Gasteiger partial charge in [0.05, 0.1) is 11.8 Å². The summed E-state index contributed by atoms with van der Waals surface area (Å²) in [5.74, 6) is -0.816. The van der Waals surface area contributed by atoms with E-state index in [-0.39, 0.29) is 35.9 Å². The summed E-state index contributed by atoms with van der Waals surface area (Å²) in [6, 6.07) is 17.9. The number of carbonyl (C=O) groups is 2. The van der Waals surface area contributed by atoms with Crippen LogP contribution in [-0.4, -0.2) is 21.4 Å². The highest BCUT2D eigenvalue weighted by molar-refractivity contribution is 5.99. The number of hydrogen-bond donors (Lipinski definition) is 2. The Kier molecular flexibility index (Phi) is 6.40. The molecule has 2 aromatic heterocycles. The van der Waals surface area contributed by atoms with E-state index in [1.807, 2.05) is 30.3 Å². The largest absolute Gasteiger partial charge is 0.444 e. The molecule has 0 fully saturated rings. The predicted octanol–water partition coefficient (Wildman–Crippen LogP) is 3.51. The molecule has 0 unspecified atom stereocenters. The Balaban J connectivity index is 1.47. The zero-order chi connectivity index (χ0) is 23.2. The number of anilines is 1. The molecule has 9 heteroatoms. The van der Waals surface area contributed by atoms with Gasteiger partial charge in [0, 0.05) is 12.7 Å². The Morgan fingerprint density at radius 3 is 2.48 bits per heavy atom. The van der Waals surface area contributed by atoms with Gasteiger partial charge in [-0.05, 0) is 35.4 Å². The van der Waals surface area contributed by atoms with Crippen LogP contribution in [0, 0.1) is 5.82 Å². The van der Waals surface area contributed by atoms with Gasteiger partial charge in [0.25, 0.3) is 11.5 Å². The number of ether oxygens (including phenoxy) is 1. The molecule has 2 amide bonds. The van der Waals surface area contributed by atoms with Crippen molar-refractivity contribution >= 4 is 23.3 Å². The minimum Gasteiger partial charge on any atom is -0.444 e. The molecular weight excluding hydrogens is 427 g/mol. The van der Waals surface area contributed by atoms with Gasteiger partial charge in [0.1, 0.15) is 18.1 Å². The van der Waals surface area contributed by atoms with Gasteiger partial charge in [-0.25, -0.2) is 14.2 Å². The standard InChI is InChI=1S/C24H19FN4O4/c25-18-10-8-16(9-11-18)13-27-22(30)19-7-4-12-29-21(19)26-14-20(23(29)31)28-24(32)33-15-17-5-2-1-3-6-17/h1-12,14H,13,15H2,(H,27,30)(H,28,32). The second-order valence-electron chi connectivity index (χ2n) is 7.09. The topological polar surface area (TPSA) is 102 Å². The molecule has 0 aliphatic carbocycles. The zero-order valence-electron chi connectivity index (χ0n) is 17.3. The zero-order valence-corrected chi connectivity index (χ0v) is 17.3. The molecule has 4 rings (SSSR count). The van der Waals surface area contributed by atoms with E-state index in [0.29, 0.717) is 0 Å². The van der Waals surface area contributed by atoms with Crippen molar-refractivity contribution in [3.8, 4) is 0 Å². The minimum absolute atomic E-state index is 0.0490. The van der Waals surface area contributed by atoms with E-state index in [4.69, 9.17) is 4.74 Å². The van der Waals surface area contributed by atoms with Crippen LogP contribution in [0.25, 0.3) is 5.65 Å².